The van der Waals surface area contributed by atoms with E-state index in [0.717, 1.165) is 5.56 Å². The Balaban J connectivity index is 2.01. The quantitative estimate of drug-likeness (QED) is 0.760. The number of aryl methyl sites for hydroxylation is 1. The zero-order valence-corrected chi connectivity index (χ0v) is 12.6. The zero-order valence-electron chi connectivity index (χ0n) is 11.8. The molecule has 2 rings (SSSR count). The first-order valence-electron chi connectivity index (χ1n) is 6.50. The monoisotopic (exact) mass is 308 g/mol. The number of halogens is 1. The van der Waals surface area contributed by atoms with Crippen LogP contribution in [0.5, 0.6) is 11.5 Å². The van der Waals surface area contributed by atoms with Crippen LogP contribution in [0.15, 0.2) is 30.5 Å². The normalized spacial score (nSPS) is 12.1. The number of hydrogen-bond donors (Lipinski definition) is 3. The summed E-state index contributed by atoms with van der Waals surface area (Å²) in [5.41, 5.74) is 1.31. The molecule has 0 aliphatic carbocycles. The van der Waals surface area contributed by atoms with Crippen LogP contribution in [0.2, 0.25) is 5.02 Å². The highest BCUT2D eigenvalue weighted by Crippen LogP contribution is 2.25. The van der Waals surface area contributed by atoms with E-state index in [1.54, 1.807) is 29.9 Å². The predicted octanol–water partition coefficient (Wildman–Crippen LogP) is 2.45. The number of carbonyl (C=O) groups excluding carboxylic acids is 1. The predicted molar refractivity (Wildman–Crippen MR) is 80.8 cm³/mol. The first-order chi connectivity index (χ1) is 9.86. The van der Waals surface area contributed by atoms with E-state index in [1.165, 1.54) is 12.1 Å². The van der Waals surface area contributed by atoms with Crippen LogP contribution in [0.1, 0.15) is 23.0 Å². The van der Waals surface area contributed by atoms with Crippen LogP contribution < -0.4 is 5.32 Å². The van der Waals surface area contributed by atoms with Crippen LogP contribution in [0.4, 0.5) is 0 Å². The second-order valence-electron chi connectivity index (χ2n) is 5.06. The summed E-state index contributed by atoms with van der Waals surface area (Å²) < 4.78 is 1.66. The van der Waals surface area contributed by atoms with Crippen molar-refractivity contribution in [1.29, 1.82) is 0 Å². The summed E-state index contributed by atoms with van der Waals surface area (Å²) in [4.78, 5) is 12.1. The molecule has 1 amide bonds. The van der Waals surface area contributed by atoms with E-state index < -0.39 is 0 Å². The van der Waals surface area contributed by atoms with Gasteiger partial charge in [-0.2, -0.15) is 0 Å². The minimum Gasteiger partial charge on any atom is -0.504 e. The Morgan fingerprint density at radius 3 is 2.62 bits per heavy atom. The number of phenols is 2. The van der Waals surface area contributed by atoms with Gasteiger partial charge in [0.05, 0.1) is 5.02 Å². The fraction of sp³-hybridized carbons (Fsp3) is 0.267. The molecular formula is C15H17ClN2O3. The number of phenolic OH excluding ortho intramolecular Hbond substituents is 2. The lowest BCUT2D eigenvalue weighted by molar-refractivity contribution is 0.0932. The molecule has 3 N–H and O–H groups in total. The van der Waals surface area contributed by atoms with E-state index in [4.69, 9.17) is 11.6 Å². The van der Waals surface area contributed by atoms with Crippen molar-refractivity contribution in [3.05, 3.63) is 46.7 Å². The molecule has 0 radical (unpaired) electrons. The van der Waals surface area contributed by atoms with Gasteiger partial charge in [0, 0.05) is 19.3 Å². The summed E-state index contributed by atoms with van der Waals surface area (Å²) in [5, 5.41) is 22.1. The minimum atomic E-state index is -0.208. The average molecular weight is 309 g/mol. The molecule has 0 aliphatic heterocycles. The van der Waals surface area contributed by atoms with Crippen LogP contribution in [0.3, 0.4) is 0 Å². The van der Waals surface area contributed by atoms with Gasteiger partial charge >= 0.3 is 0 Å². The minimum absolute atomic E-state index is 0.130. The molecule has 0 aliphatic rings. The molecular weight excluding hydrogens is 292 g/mol. The van der Waals surface area contributed by atoms with Crippen molar-refractivity contribution in [2.24, 2.45) is 7.05 Å². The van der Waals surface area contributed by atoms with Crippen LogP contribution in [0, 0.1) is 0 Å². The van der Waals surface area contributed by atoms with Crippen LogP contribution in [-0.4, -0.2) is 26.7 Å². The van der Waals surface area contributed by atoms with Crippen molar-refractivity contribution in [2.45, 2.75) is 19.4 Å². The maximum atomic E-state index is 12.1. The standard InChI is InChI=1S/C15H17ClN2O3/c1-9(5-10-3-4-13(19)14(20)6-10)17-15(21)12-7-11(16)8-18(12)2/h3-4,6-9,19-20H,5H2,1-2H3,(H,17,21)/t9-/m0/s1. The van der Waals surface area contributed by atoms with Crippen LogP contribution in [-0.2, 0) is 13.5 Å². The van der Waals surface area contributed by atoms with Gasteiger partial charge in [-0.15, -0.1) is 0 Å². The molecule has 0 spiro atoms. The maximum absolute atomic E-state index is 12.1. The third-order valence-corrected chi connectivity index (χ3v) is 3.37. The summed E-state index contributed by atoms with van der Waals surface area (Å²) in [6, 6.07) is 6.09. The molecule has 1 atom stereocenters. The smallest absolute Gasteiger partial charge is 0.268 e. The second-order valence-corrected chi connectivity index (χ2v) is 5.49. The molecule has 0 bridgehead atoms. The Morgan fingerprint density at radius 2 is 2.05 bits per heavy atom. The van der Waals surface area contributed by atoms with Crippen LogP contribution in [0.25, 0.3) is 0 Å². The van der Waals surface area contributed by atoms with Crippen molar-refractivity contribution < 1.29 is 15.0 Å². The number of aromatic nitrogens is 1. The van der Waals surface area contributed by atoms with Gasteiger partial charge in [0.2, 0.25) is 0 Å². The third-order valence-electron chi connectivity index (χ3n) is 3.16. The Labute approximate surface area is 127 Å². The molecule has 112 valence electrons. The number of amides is 1. The summed E-state index contributed by atoms with van der Waals surface area (Å²) in [7, 11) is 1.75. The van der Waals surface area contributed by atoms with Gasteiger partial charge in [-0.3, -0.25) is 4.79 Å². The molecule has 0 unspecified atom stereocenters. The highest BCUT2D eigenvalue weighted by molar-refractivity contribution is 6.31. The number of nitrogens with one attached hydrogen (secondary N) is 1. The Hall–Kier alpha value is -2.14. The fourth-order valence-corrected chi connectivity index (χ4v) is 2.40. The molecule has 2 aromatic rings. The third kappa shape index (κ3) is 3.70. The fourth-order valence-electron chi connectivity index (χ4n) is 2.15. The Morgan fingerprint density at radius 1 is 1.33 bits per heavy atom. The molecule has 0 fully saturated rings. The molecule has 1 aromatic heterocycles. The number of benzene rings is 1. The molecule has 5 nitrogen and oxygen atoms in total. The lowest BCUT2D eigenvalue weighted by Gasteiger charge is -2.14. The number of hydrogen-bond acceptors (Lipinski definition) is 3. The Bertz CT molecular complexity index is 667. The van der Waals surface area contributed by atoms with Crippen molar-refractivity contribution in [3.63, 3.8) is 0 Å². The van der Waals surface area contributed by atoms with E-state index in [0.29, 0.717) is 17.1 Å². The number of carbonyl (C=O) groups is 1. The molecule has 1 heterocycles. The lowest BCUT2D eigenvalue weighted by Crippen LogP contribution is -2.35. The molecule has 0 saturated heterocycles. The van der Waals surface area contributed by atoms with Gasteiger partial charge in [-0.1, -0.05) is 17.7 Å². The van der Waals surface area contributed by atoms with Crippen molar-refractivity contribution in [1.82, 2.24) is 9.88 Å². The van der Waals surface area contributed by atoms with Crippen molar-refractivity contribution in [2.75, 3.05) is 0 Å². The van der Waals surface area contributed by atoms with Gasteiger partial charge < -0.3 is 20.1 Å². The van der Waals surface area contributed by atoms with Crippen LogP contribution >= 0.6 is 11.6 Å². The van der Waals surface area contributed by atoms with Crippen molar-refractivity contribution >= 4 is 17.5 Å². The van der Waals surface area contributed by atoms with Gasteiger partial charge in [-0.05, 0) is 37.1 Å². The summed E-state index contributed by atoms with van der Waals surface area (Å²) >= 11 is 5.86. The number of nitrogens with zero attached hydrogens (tertiary/aromatic N) is 1. The summed E-state index contributed by atoms with van der Waals surface area (Å²) in [6.45, 7) is 1.87. The maximum Gasteiger partial charge on any atom is 0.268 e. The van der Waals surface area contributed by atoms with E-state index in [2.05, 4.69) is 5.32 Å². The molecule has 21 heavy (non-hydrogen) atoms. The van der Waals surface area contributed by atoms with Crippen molar-refractivity contribution in [3.8, 4) is 11.5 Å². The molecule has 6 heteroatoms. The molecule has 1 aromatic carbocycles. The van der Waals surface area contributed by atoms with E-state index in [-0.39, 0.29) is 23.4 Å². The van der Waals surface area contributed by atoms with E-state index >= 15 is 0 Å². The molecule has 0 saturated carbocycles. The first-order valence-corrected chi connectivity index (χ1v) is 6.88. The van der Waals surface area contributed by atoms with E-state index in [9.17, 15) is 15.0 Å². The van der Waals surface area contributed by atoms with Gasteiger partial charge in [0.15, 0.2) is 11.5 Å². The van der Waals surface area contributed by atoms with E-state index in [1.807, 2.05) is 6.92 Å². The average Bonchev–Trinajstić information content (AvgIpc) is 2.73. The highest BCUT2D eigenvalue weighted by Gasteiger charge is 2.14. The Kier molecular flexibility index (Phi) is 4.43. The van der Waals surface area contributed by atoms with Gasteiger partial charge in [0.25, 0.3) is 5.91 Å². The number of aromatic hydroxyl groups is 2. The second kappa shape index (κ2) is 6.10. The number of rotatable bonds is 4. The zero-order chi connectivity index (χ0) is 15.6. The van der Waals surface area contributed by atoms with Gasteiger partial charge in [-0.25, -0.2) is 0 Å². The highest BCUT2D eigenvalue weighted by atomic mass is 35.5. The topological polar surface area (TPSA) is 74.5 Å². The lowest BCUT2D eigenvalue weighted by atomic mass is 10.1. The summed E-state index contributed by atoms with van der Waals surface area (Å²) in [6.07, 6.45) is 2.21. The largest absolute Gasteiger partial charge is 0.504 e. The SMILES string of the molecule is C[C@@H](Cc1ccc(O)c(O)c1)NC(=O)c1cc(Cl)cn1C. The van der Waals surface area contributed by atoms with Gasteiger partial charge in [0.1, 0.15) is 5.69 Å². The summed E-state index contributed by atoms with van der Waals surface area (Å²) in [5.74, 6) is -0.533. The first kappa shape index (κ1) is 15.3.